The number of phenols is 1. The minimum absolute atomic E-state index is 0.0313. The maximum Gasteiger partial charge on any atom is 0.256 e. The van der Waals surface area contributed by atoms with Crippen molar-refractivity contribution >= 4 is 23.2 Å². The zero-order valence-corrected chi connectivity index (χ0v) is 22.4. The van der Waals surface area contributed by atoms with Gasteiger partial charge < -0.3 is 15.2 Å². The molecule has 0 aromatic heterocycles. The summed E-state index contributed by atoms with van der Waals surface area (Å²) in [7, 11) is 1.74. The van der Waals surface area contributed by atoms with Crippen LogP contribution in [-0.4, -0.2) is 18.1 Å². The molecular formula is C34H39NO3. The summed E-state index contributed by atoms with van der Waals surface area (Å²) in [4.78, 5) is 12.3. The molecule has 3 aromatic carbocycles. The lowest BCUT2D eigenvalue weighted by Crippen LogP contribution is -2.07. The van der Waals surface area contributed by atoms with Crippen molar-refractivity contribution in [1.82, 2.24) is 0 Å². The molecule has 38 heavy (non-hydrogen) atoms. The van der Waals surface area contributed by atoms with E-state index in [-0.39, 0.29) is 5.91 Å². The normalized spacial score (nSPS) is 18.9. The van der Waals surface area contributed by atoms with E-state index in [9.17, 15) is 9.90 Å². The maximum absolute atomic E-state index is 12.3. The molecule has 0 unspecified atom stereocenters. The zero-order chi connectivity index (χ0) is 26.3. The van der Waals surface area contributed by atoms with Crippen LogP contribution in [0, 0.1) is 0 Å². The van der Waals surface area contributed by atoms with Crippen LogP contribution in [0.4, 0.5) is 5.69 Å². The Morgan fingerprint density at radius 3 is 2.11 bits per heavy atom. The number of carbonyl (C=O) groups excluding carboxylic acids is 1. The quantitative estimate of drug-likeness (QED) is 0.346. The molecule has 0 spiro atoms. The molecule has 1 aliphatic heterocycles. The second-order valence-electron chi connectivity index (χ2n) is 10.8. The van der Waals surface area contributed by atoms with Gasteiger partial charge in [0.1, 0.15) is 11.5 Å². The Morgan fingerprint density at radius 1 is 0.789 bits per heavy atom. The van der Waals surface area contributed by atoms with E-state index in [0.717, 1.165) is 33.7 Å². The predicted octanol–water partition coefficient (Wildman–Crippen LogP) is 8.68. The number of ether oxygens (including phenoxy) is 1. The van der Waals surface area contributed by atoms with Crippen LogP contribution in [0.25, 0.3) is 11.6 Å². The largest absolute Gasteiger partial charge is 0.508 e. The first kappa shape index (κ1) is 26.1. The van der Waals surface area contributed by atoms with E-state index in [1.165, 1.54) is 69.8 Å². The molecule has 0 radical (unpaired) electrons. The third-order valence-electron chi connectivity index (χ3n) is 8.30. The molecule has 3 aromatic rings. The predicted molar refractivity (Wildman–Crippen MR) is 156 cm³/mol. The molecule has 3 aliphatic rings. The highest BCUT2D eigenvalue weighted by Crippen LogP contribution is 2.39. The van der Waals surface area contributed by atoms with Gasteiger partial charge in [0, 0.05) is 16.8 Å². The highest BCUT2D eigenvalue weighted by molar-refractivity contribution is 6.34. The van der Waals surface area contributed by atoms with Gasteiger partial charge in [-0.25, -0.2) is 0 Å². The van der Waals surface area contributed by atoms with Gasteiger partial charge in [0.25, 0.3) is 5.91 Å². The molecule has 0 atom stereocenters. The number of rotatable bonds is 4. The minimum atomic E-state index is -0.0313. The van der Waals surface area contributed by atoms with Crippen LogP contribution >= 0.6 is 0 Å². The van der Waals surface area contributed by atoms with Crippen molar-refractivity contribution in [2.45, 2.75) is 76.0 Å². The molecular weight excluding hydrogens is 470 g/mol. The molecule has 2 saturated carbocycles. The first-order chi connectivity index (χ1) is 18.6. The van der Waals surface area contributed by atoms with Crippen LogP contribution in [0.1, 0.15) is 98.3 Å². The fraction of sp³-hybridized carbons (Fsp3) is 0.382. The molecule has 1 amide bonds. The number of para-hydroxylation sites is 2. The summed E-state index contributed by atoms with van der Waals surface area (Å²) in [6.07, 6.45) is 14.8. The number of nitrogens with one attached hydrogen (secondary N) is 1. The molecule has 2 fully saturated rings. The van der Waals surface area contributed by atoms with E-state index in [0.29, 0.717) is 17.6 Å². The second kappa shape index (κ2) is 12.3. The summed E-state index contributed by atoms with van der Waals surface area (Å²) in [5.74, 6) is 2.58. The van der Waals surface area contributed by atoms with Crippen molar-refractivity contribution < 1.29 is 14.6 Å². The number of aromatic hydroxyl groups is 1. The van der Waals surface area contributed by atoms with E-state index in [1.54, 1.807) is 13.2 Å². The van der Waals surface area contributed by atoms with Gasteiger partial charge in [-0.1, -0.05) is 81.0 Å². The van der Waals surface area contributed by atoms with Crippen LogP contribution < -0.4 is 10.1 Å². The maximum atomic E-state index is 12.3. The average molecular weight is 510 g/mol. The van der Waals surface area contributed by atoms with Crippen LogP contribution in [0.2, 0.25) is 0 Å². The third-order valence-corrected chi connectivity index (χ3v) is 8.30. The smallest absolute Gasteiger partial charge is 0.256 e. The number of benzene rings is 3. The van der Waals surface area contributed by atoms with Crippen LogP contribution in [0.3, 0.4) is 0 Å². The number of carbonyl (C=O) groups is 1. The summed E-state index contributed by atoms with van der Waals surface area (Å²) in [6.45, 7) is 0. The van der Waals surface area contributed by atoms with Crippen molar-refractivity contribution in [2.75, 3.05) is 12.4 Å². The molecule has 0 bridgehead atoms. The number of anilines is 1. The van der Waals surface area contributed by atoms with E-state index in [2.05, 4.69) is 17.4 Å². The van der Waals surface area contributed by atoms with Gasteiger partial charge in [0.15, 0.2) is 0 Å². The summed E-state index contributed by atoms with van der Waals surface area (Å²) in [6, 6.07) is 21.9. The summed E-state index contributed by atoms with van der Waals surface area (Å²) < 4.78 is 5.60. The average Bonchev–Trinajstić information content (AvgIpc) is 3.29. The molecule has 198 valence electrons. The number of phenolic OH excluding ortho intramolecular Hbond substituents is 1. The lowest BCUT2D eigenvalue weighted by atomic mass is 9.83. The zero-order valence-electron chi connectivity index (χ0n) is 22.4. The Hall–Kier alpha value is -3.53. The van der Waals surface area contributed by atoms with Gasteiger partial charge in [-0.05, 0) is 84.6 Å². The molecule has 1 heterocycles. The van der Waals surface area contributed by atoms with Gasteiger partial charge in [-0.15, -0.1) is 0 Å². The van der Waals surface area contributed by atoms with Gasteiger partial charge in [0.2, 0.25) is 0 Å². The Labute approximate surface area is 226 Å². The number of methoxy groups -OCH3 is 1. The first-order valence-corrected chi connectivity index (χ1v) is 14.2. The monoisotopic (exact) mass is 509 g/mol. The molecule has 2 N–H and O–H groups in total. The summed E-state index contributed by atoms with van der Waals surface area (Å²) in [5, 5.41) is 12.6. The van der Waals surface area contributed by atoms with Gasteiger partial charge >= 0.3 is 0 Å². The lowest BCUT2D eigenvalue weighted by Gasteiger charge is -2.24. The number of hydrogen-bond donors (Lipinski definition) is 2. The van der Waals surface area contributed by atoms with Gasteiger partial charge in [0.05, 0.1) is 7.11 Å². The lowest BCUT2D eigenvalue weighted by molar-refractivity contribution is -0.110. The molecule has 4 heteroatoms. The standard InChI is InChI=1S/C22H23NO2.C12H16O/c1-25-21-12-11-15(13-18(21)16-7-3-2-4-8-16)14-19-17-9-5-6-10-20(17)23-22(19)24;13-12-9-5-4-8-11(12)10-6-2-1-3-7-10/h5-6,9-14,16H,2-4,7-8H2,1H3,(H,23,24);4-5,8-10,13H,1-3,6-7H2. The Kier molecular flexibility index (Phi) is 8.47. The number of fused-ring (bicyclic) bond motifs is 1. The van der Waals surface area contributed by atoms with E-state index >= 15 is 0 Å². The van der Waals surface area contributed by atoms with Crippen molar-refractivity contribution in [3.05, 3.63) is 89.0 Å². The molecule has 6 rings (SSSR count). The van der Waals surface area contributed by atoms with Crippen molar-refractivity contribution in [2.24, 2.45) is 0 Å². The number of amides is 1. The van der Waals surface area contributed by atoms with E-state index in [1.807, 2.05) is 54.6 Å². The second-order valence-corrected chi connectivity index (χ2v) is 10.8. The van der Waals surface area contributed by atoms with E-state index in [4.69, 9.17) is 4.74 Å². The summed E-state index contributed by atoms with van der Waals surface area (Å²) in [5.41, 5.74) is 6.09. The topological polar surface area (TPSA) is 58.6 Å². The summed E-state index contributed by atoms with van der Waals surface area (Å²) >= 11 is 0. The van der Waals surface area contributed by atoms with Crippen molar-refractivity contribution in [3.63, 3.8) is 0 Å². The molecule has 4 nitrogen and oxygen atoms in total. The minimum Gasteiger partial charge on any atom is -0.508 e. The van der Waals surface area contributed by atoms with Gasteiger partial charge in [-0.3, -0.25) is 4.79 Å². The van der Waals surface area contributed by atoms with Crippen LogP contribution in [0.5, 0.6) is 11.5 Å². The fourth-order valence-electron chi connectivity index (χ4n) is 6.27. The van der Waals surface area contributed by atoms with Crippen molar-refractivity contribution in [1.29, 1.82) is 0 Å². The fourth-order valence-corrected chi connectivity index (χ4v) is 6.27. The van der Waals surface area contributed by atoms with Crippen LogP contribution in [0.15, 0.2) is 66.7 Å². The van der Waals surface area contributed by atoms with Crippen molar-refractivity contribution in [3.8, 4) is 11.5 Å². The first-order valence-electron chi connectivity index (χ1n) is 14.2. The van der Waals surface area contributed by atoms with E-state index < -0.39 is 0 Å². The Morgan fingerprint density at radius 2 is 1.42 bits per heavy atom. The highest BCUT2D eigenvalue weighted by atomic mass is 16.5. The third kappa shape index (κ3) is 5.96. The highest BCUT2D eigenvalue weighted by Gasteiger charge is 2.24. The molecule has 0 saturated heterocycles. The number of hydrogen-bond acceptors (Lipinski definition) is 3. The van der Waals surface area contributed by atoms with Crippen LogP contribution in [-0.2, 0) is 4.79 Å². The Bertz CT molecular complexity index is 1280. The SMILES string of the molecule is COc1ccc(C=C2C(=O)Nc3ccccc32)cc1C1CCCCC1.Oc1ccccc1C1CCCCC1. The Balaban J connectivity index is 0.000000190. The van der Waals surface area contributed by atoms with Gasteiger partial charge in [-0.2, -0.15) is 0 Å². The molecule has 2 aliphatic carbocycles.